The molecule has 0 heterocycles. The molecular formula is C17H34. The van der Waals surface area contributed by atoms with E-state index in [2.05, 4.69) is 55.4 Å². The van der Waals surface area contributed by atoms with Crippen molar-refractivity contribution < 1.29 is 0 Å². The second-order valence-electron chi connectivity index (χ2n) is 8.27. The van der Waals surface area contributed by atoms with Crippen molar-refractivity contribution in [1.29, 1.82) is 0 Å². The highest BCUT2D eigenvalue weighted by Gasteiger charge is 2.41. The topological polar surface area (TPSA) is 0 Å². The Balaban J connectivity index is 2.63. The summed E-state index contributed by atoms with van der Waals surface area (Å²) in [7, 11) is 0. The smallest absolute Gasteiger partial charge is 0.0357 e. The molecule has 0 aromatic rings. The van der Waals surface area contributed by atoms with Gasteiger partial charge < -0.3 is 0 Å². The summed E-state index contributed by atoms with van der Waals surface area (Å²) >= 11 is 0. The van der Waals surface area contributed by atoms with E-state index in [1.54, 1.807) is 0 Å². The number of hydrogen-bond donors (Lipinski definition) is 0. The van der Waals surface area contributed by atoms with Gasteiger partial charge in [-0.25, -0.2) is 0 Å². The fourth-order valence-electron chi connectivity index (χ4n) is 3.60. The minimum absolute atomic E-state index is 0.470. The minimum atomic E-state index is 0.470. The van der Waals surface area contributed by atoms with Crippen LogP contribution >= 0.6 is 0 Å². The Morgan fingerprint density at radius 1 is 1.06 bits per heavy atom. The summed E-state index contributed by atoms with van der Waals surface area (Å²) in [6, 6.07) is 0. The van der Waals surface area contributed by atoms with Gasteiger partial charge in [0.15, 0.2) is 0 Å². The molecule has 5 unspecified atom stereocenters. The molecule has 1 rings (SSSR count). The quantitative estimate of drug-likeness (QED) is 0.583. The average molecular weight is 238 g/mol. The molecule has 0 aromatic heterocycles. The van der Waals surface area contributed by atoms with E-state index in [9.17, 15) is 0 Å². The molecule has 0 N–H and O–H groups in total. The molecule has 102 valence electrons. The normalized spacial score (nSPS) is 30.2. The zero-order chi connectivity index (χ0) is 13.4. The van der Waals surface area contributed by atoms with E-state index in [0.717, 1.165) is 35.5 Å². The van der Waals surface area contributed by atoms with Crippen molar-refractivity contribution in [3.8, 4) is 0 Å². The largest absolute Gasteiger partial charge is 0.0625 e. The molecule has 0 radical (unpaired) electrons. The Kier molecular flexibility index (Phi) is 4.72. The molecule has 17 heavy (non-hydrogen) atoms. The monoisotopic (exact) mass is 238 g/mol. The van der Waals surface area contributed by atoms with E-state index >= 15 is 0 Å². The van der Waals surface area contributed by atoms with Gasteiger partial charge in [0, 0.05) is 0 Å². The van der Waals surface area contributed by atoms with Crippen LogP contribution in [0.25, 0.3) is 0 Å². The molecule has 1 aliphatic carbocycles. The SMILES string of the molecule is CC(C)C(CC(C)(C)C)C(C)C(C)C1CC1C. The highest BCUT2D eigenvalue weighted by molar-refractivity contribution is 4.91. The summed E-state index contributed by atoms with van der Waals surface area (Å²) in [5.41, 5.74) is 0.470. The molecule has 0 bridgehead atoms. The average Bonchev–Trinajstić information content (AvgIpc) is 2.88. The second-order valence-corrected chi connectivity index (χ2v) is 8.27. The van der Waals surface area contributed by atoms with E-state index in [-0.39, 0.29) is 0 Å². The summed E-state index contributed by atoms with van der Waals surface area (Å²) in [5.74, 6) is 5.52. The summed E-state index contributed by atoms with van der Waals surface area (Å²) in [6.45, 7) is 19.4. The first-order valence-electron chi connectivity index (χ1n) is 7.63. The lowest BCUT2D eigenvalue weighted by Crippen LogP contribution is -2.28. The van der Waals surface area contributed by atoms with Crippen molar-refractivity contribution in [2.75, 3.05) is 0 Å². The van der Waals surface area contributed by atoms with Crippen LogP contribution in [0.1, 0.15) is 68.2 Å². The minimum Gasteiger partial charge on any atom is -0.0625 e. The summed E-state index contributed by atoms with van der Waals surface area (Å²) in [4.78, 5) is 0. The fourth-order valence-corrected chi connectivity index (χ4v) is 3.60. The van der Waals surface area contributed by atoms with Gasteiger partial charge in [0.25, 0.3) is 0 Å². The molecular weight excluding hydrogens is 204 g/mol. The van der Waals surface area contributed by atoms with Crippen LogP contribution in [0.3, 0.4) is 0 Å². The van der Waals surface area contributed by atoms with Gasteiger partial charge in [-0.3, -0.25) is 0 Å². The van der Waals surface area contributed by atoms with E-state index in [0.29, 0.717) is 5.41 Å². The maximum atomic E-state index is 2.51. The lowest BCUT2D eigenvalue weighted by Gasteiger charge is -2.36. The third-order valence-electron chi connectivity index (χ3n) is 5.06. The van der Waals surface area contributed by atoms with Crippen LogP contribution < -0.4 is 0 Å². The predicted octanol–water partition coefficient (Wildman–Crippen LogP) is 5.62. The van der Waals surface area contributed by atoms with Crippen molar-refractivity contribution in [2.24, 2.45) is 40.9 Å². The third-order valence-corrected chi connectivity index (χ3v) is 5.06. The Morgan fingerprint density at radius 3 is 1.82 bits per heavy atom. The lowest BCUT2D eigenvalue weighted by molar-refractivity contribution is 0.131. The van der Waals surface area contributed by atoms with Crippen LogP contribution in [0.15, 0.2) is 0 Å². The highest BCUT2D eigenvalue weighted by atomic mass is 14.5. The zero-order valence-electron chi connectivity index (χ0n) is 13.4. The van der Waals surface area contributed by atoms with E-state index in [1.165, 1.54) is 12.8 Å². The number of rotatable bonds is 5. The molecule has 1 fully saturated rings. The maximum Gasteiger partial charge on any atom is -0.0357 e. The van der Waals surface area contributed by atoms with Gasteiger partial charge in [-0.1, -0.05) is 55.4 Å². The van der Waals surface area contributed by atoms with Gasteiger partial charge in [-0.2, -0.15) is 0 Å². The van der Waals surface area contributed by atoms with E-state index in [4.69, 9.17) is 0 Å². The summed E-state index contributed by atoms with van der Waals surface area (Å²) < 4.78 is 0. The molecule has 0 spiro atoms. The molecule has 1 aliphatic rings. The van der Waals surface area contributed by atoms with Crippen molar-refractivity contribution >= 4 is 0 Å². The van der Waals surface area contributed by atoms with Crippen molar-refractivity contribution in [1.82, 2.24) is 0 Å². The van der Waals surface area contributed by atoms with Crippen LogP contribution in [0.2, 0.25) is 0 Å². The fraction of sp³-hybridized carbons (Fsp3) is 1.00. The van der Waals surface area contributed by atoms with Gasteiger partial charge in [-0.15, -0.1) is 0 Å². The standard InChI is InChI=1S/C17H34/c1-11(2)16(10-17(6,7)8)14(5)13(4)15-9-12(15)3/h11-16H,9-10H2,1-8H3. The summed E-state index contributed by atoms with van der Waals surface area (Å²) in [5, 5.41) is 0. The van der Waals surface area contributed by atoms with Crippen molar-refractivity contribution in [2.45, 2.75) is 68.2 Å². The summed E-state index contributed by atoms with van der Waals surface area (Å²) in [6.07, 6.45) is 2.85. The first-order valence-corrected chi connectivity index (χ1v) is 7.63. The molecule has 0 aromatic carbocycles. The lowest BCUT2D eigenvalue weighted by atomic mass is 9.69. The predicted molar refractivity (Wildman–Crippen MR) is 78.0 cm³/mol. The Hall–Kier alpha value is 0. The first-order chi connectivity index (χ1) is 7.63. The Bertz CT molecular complexity index is 233. The molecule has 1 saturated carbocycles. The molecule has 5 atom stereocenters. The van der Waals surface area contributed by atoms with Crippen LogP contribution in [0.4, 0.5) is 0 Å². The van der Waals surface area contributed by atoms with E-state index in [1.807, 2.05) is 0 Å². The zero-order valence-corrected chi connectivity index (χ0v) is 13.4. The van der Waals surface area contributed by atoms with Gasteiger partial charge in [0.2, 0.25) is 0 Å². The third kappa shape index (κ3) is 4.30. The molecule has 0 amide bonds. The van der Waals surface area contributed by atoms with E-state index < -0.39 is 0 Å². The molecule has 0 heteroatoms. The maximum absolute atomic E-state index is 2.51. The second kappa shape index (κ2) is 5.33. The van der Waals surface area contributed by atoms with Gasteiger partial charge in [-0.05, 0) is 53.8 Å². The van der Waals surface area contributed by atoms with Crippen molar-refractivity contribution in [3.05, 3.63) is 0 Å². The number of hydrogen-bond acceptors (Lipinski definition) is 0. The molecule has 0 saturated heterocycles. The van der Waals surface area contributed by atoms with Gasteiger partial charge in [0.05, 0.1) is 0 Å². The van der Waals surface area contributed by atoms with Gasteiger partial charge >= 0.3 is 0 Å². The van der Waals surface area contributed by atoms with Crippen LogP contribution in [-0.2, 0) is 0 Å². The Labute approximate surface area is 110 Å². The molecule has 0 aliphatic heterocycles. The highest BCUT2D eigenvalue weighted by Crippen LogP contribution is 2.49. The van der Waals surface area contributed by atoms with Crippen LogP contribution in [0.5, 0.6) is 0 Å². The molecule has 0 nitrogen and oxygen atoms in total. The van der Waals surface area contributed by atoms with Gasteiger partial charge in [0.1, 0.15) is 0 Å². The first kappa shape index (κ1) is 15.1. The van der Waals surface area contributed by atoms with Crippen LogP contribution in [0, 0.1) is 40.9 Å². The Morgan fingerprint density at radius 2 is 1.53 bits per heavy atom. The van der Waals surface area contributed by atoms with Crippen LogP contribution in [-0.4, -0.2) is 0 Å². The van der Waals surface area contributed by atoms with Crippen molar-refractivity contribution in [3.63, 3.8) is 0 Å².